The molecule has 18 heavy (non-hydrogen) atoms. The zero-order valence-electron chi connectivity index (χ0n) is 11.3. The van der Waals surface area contributed by atoms with E-state index >= 15 is 0 Å². The lowest BCUT2D eigenvalue weighted by Crippen LogP contribution is -2.30. The molecule has 1 unspecified atom stereocenters. The fourth-order valence-corrected chi connectivity index (χ4v) is 3.90. The van der Waals surface area contributed by atoms with E-state index in [-0.39, 0.29) is 22.7 Å². The second-order valence-electron chi connectivity index (χ2n) is 5.96. The van der Waals surface area contributed by atoms with Gasteiger partial charge >= 0.3 is 0 Å². The monoisotopic (exact) mass is 269 g/mol. The molecule has 0 aliphatic carbocycles. The number of benzene rings is 1. The Morgan fingerprint density at radius 3 is 2.50 bits per heavy atom. The number of nitrogen functional groups attached to an aromatic ring is 1. The molecule has 1 atom stereocenters. The molecule has 2 nitrogen and oxygen atoms in total. The maximum absolute atomic E-state index is 13.4. The Bertz CT molecular complexity index is 459. The third kappa shape index (κ3) is 2.81. The van der Waals surface area contributed by atoms with Crippen molar-refractivity contribution in [2.75, 3.05) is 5.73 Å². The van der Waals surface area contributed by atoms with Gasteiger partial charge in [0.1, 0.15) is 5.82 Å². The molecule has 1 saturated heterocycles. The Labute approximate surface area is 112 Å². The molecule has 0 amide bonds. The number of thioether (sulfide) groups is 1. The molecule has 4 heteroatoms. The first-order chi connectivity index (χ1) is 8.20. The van der Waals surface area contributed by atoms with Crippen LogP contribution in [0.4, 0.5) is 10.1 Å². The van der Waals surface area contributed by atoms with Gasteiger partial charge in [0.25, 0.3) is 0 Å². The van der Waals surface area contributed by atoms with Gasteiger partial charge in [0.05, 0.1) is 16.9 Å². The van der Waals surface area contributed by atoms with Crippen molar-refractivity contribution >= 4 is 17.4 Å². The number of anilines is 1. The number of nitrogens with two attached hydrogens (primary N) is 1. The maximum Gasteiger partial charge on any atom is 0.147 e. The van der Waals surface area contributed by atoms with E-state index in [1.54, 1.807) is 17.8 Å². The van der Waals surface area contributed by atoms with Gasteiger partial charge in [-0.05, 0) is 52.3 Å². The van der Waals surface area contributed by atoms with Crippen LogP contribution in [0.3, 0.4) is 0 Å². The van der Waals surface area contributed by atoms with Gasteiger partial charge in [-0.2, -0.15) is 0 Å². The van der Waals surface area contributed by atoms with Crippen molar-refractivity contribution in [2.45, 2.75) is 55.5 Å². The summed E-state index contributed by atoms with van der Waals surface area (Å²) in [5.41, 5.74) is 5.36. The highest BCUT2D eigenvalue weighted by Crippen LogP contribution is 2.46. The van der Waals surface area contributed by atoms with Gasteiger partial charge in [-0.25, -0.2) is 4.39 Å². The predicted molar refractivity (Wildman–Crippen MR) is 74.3 cm³/mol. The number of halogens is 1. The minimum Gasteiger partial charge on any atom is -0.396 e. The van der Waals surface area contributed by atoms with Crippen molar-refractivity contribution < 1.29 is 9.13 Å². The van der Waals surface area contributed by atoms with E-state index in [0.717, 1.165) is 11.3 Å². The van der Waals surface area contributed by atoms with Crippen LogP contribution in [0.25, 0.3) is 0 Å². The second-order valence-corrected chi connectivity index (χ2v) is 7.24. The van der Waals surface area contributed by atoms with Crippen molar-refractivity contribution in [3.8, 4) is 0 Å². The van der Waals surface area contributed by atoms with Gasteiger partial charge in [0, 0.05) is 10.1 Å². The zero-order chi connectivity index (χ0) is 13.6. The van der Waals surface area contributed by atoms with E-state index in [1.807, 2.05) is 6.07 Å². The summed E-state index contributed by atoms with van der Waals surface area (Å²) in [6, 6.07) is 4.98. The molecule has 1 fully saturated rings. The average Bonchev–Trinajstić information content (AvgIpc) is 2.40. The Hall–Kier alpha value is -0.740. The molecule has 100 valence electrons. The SMILES string of the molecule is CC1(C)CC(Sc2ccc(N)c(F)c2)C(C)(C)O1. The van der Waals surface area contributed by atoms with Crippen LogP contribution in [0.1, 0.15) is 34.1 Å². The van der Waals surface area contributed by atoms with Crippen molar-refractivity contribution in [1.29, 1.82) is 0 Å². The van der Waals surface area contributed by atoms with Crippen molar-refractivity contribution in [3.05, 3.63) is 24.0 Å². The van der Waals surface area contributed by atoms with Crippen LogP contribution in [0, 0.1) is 5.82 Å². The minimum absolute atomic E-state index is 0.118. The van der Waals surface area contributed by atoms with E-state index in [4.69, 9.17) is 10.5 Å². The summed E-state index contributed by atoms with van der Waals surface area (Å²) in [6.07, 6.45) is 0.955. The summed E-state index contributed by atoms with van der Waals surface area (Å²) in [5.74, 6) is -0.351. The lowest BCUT2D eigenvalue weighted by Gasteiger charge is -2.27. The molecular formula is C14H20FNOS. The van der Waals surface area contributed by atoms with E-state index in [0.29, 0.717) is 5.25 Å². The van der Waals surface area contributed by atoms with Crippen molar-refractivity contribution in [1.82, 2.24) is 0 Å². The second kappa shape index (κ2) is 4.42. The third-order valence-corrected chi connectivity index (χ3v) is 4.79. The smallest absolute Gasteiger partial charge is 0.147 e. The Balaban J connectivity index is 2.16. The third-order valence-electron chi connectivity index (χ3n) is 3.24. The molecule has 1 aliphatic heterocycles. The molecule has 0 bridgehead atoms. The average molecular weight is 269 g/mol. The van der Waals surface area contributed by atoms with Gasteiger partial charge < -0.3 is 10.5 Å². The number of hydrogen-bond acceptors (Lipinski definition) is 3. The van der Waals surface area contributed by atoms with Gasteiger partial charge in [-0.3, -0.25) is 0 Å². The quantitative estimate of drug-likeness (QED) is 0.828. The molecule has 0 radical (unpaired) electrons. The summed E-state index contributed by atoms with van der Waals surface area (Å²) in [5, 5.41) is 0.315. The van der Waals surface area contributed by atoms with Crippen LogP contribution in [-0.2, 0) is 4.74 Å². The van der Waals surface area contributed by atoms with Crippen molar-refractivity contribution in [2.24, 2.45) is 0 Å². The van der Waals surface area contributed by atoms with Gasteiger partial charge in [-0.15, -0.1) is 11.8 Å². The standard InChI is InChI=1S/C14H20FNOS/c1-13(2)8-12(14(3,4)17-13)18-9-5-6-11(16)10(15)7-9/h5-7,12H,8,16H2,1-4H3. The first kappa shape index (κ1) is 13.7. The Morgan fingerprint density at radius 2 is 2.00 bits per heavy atom. The number of hydrogen-bond donors (Lipinski definition) is 1. The van der Waals surface area contributed by atoms with E-state index in [2.05, 4.69) is 27.7 Å². The number of rotatable bonds is 2. The fourth-order valence-electron chi connectivity index (χ4n) is 2.44. The molecule has 2 N–H and O–H groups in total. The molecular weight excluding hydrogens is 249 g/mol. The minimum atomic E-state index is -0.351. The van der Waals surface area contributed by atoms with Crippen LogP contribution in [-0.4, -0.2) is 16.5 Å². The Morgan fingerprint density at radius 1 is 1.33 bits per heavy atom. The topological polar surface area (TPSA) is 35.2 Å². The van der Waals surface area contributed by atoms with Gasteiger partial charge in [0.2, 0.25) is 0 Å². The van der Waals surface area contributed by atoms with Crippen LogP contribution >= 0.6 is 11.8 Å². The summed E-state index contributed by atoms with van der Waals surface area (Å²) in [7, 11) is 0. The largest absolute Gasteiger partial charge is 0.396 e. The first-order valence-electron chi connectivity index (χ1n) is 6.11. The van der Waals surface area contributed by atoms with Crippen LogP contribution in [0.5, 0.6) is 0 Å². The molecule has 1 heterocycles. The van der Waals surface area contributed by atoms with E-state index in [1.165, 1.54) is 6.07 Å². The lowest BCUT2D eigenvalue weighted by molar-refractivity contribution is -0.0631. The van der Waals surface area contributed by atoms with Gasteiger partial charge in [0.15, 0.2) is 0 Å². The number of ether oxygens (including phenoxy) is 1. The highest BCUT2D eigenvalue weighted by molar-refractivity contribution is 8.00. The summed E-state index contributed by atoms with van der Waals surface area (Å²) in [6.45, 7) is 8.37. The first-order valence-corrected chi connectivity index (χ1v) is 6.99. The summed E-state index contributed by atoms with van der Waals surface area (Å²) < 4.78 is 19.5. The van der Waals surface area contributed by atoms with E-state index in [9.17, 15) is 4.39 Å². The highest BCUT2D eigenvalue weighted by Gasteiger charge is 2.46. The molecule has 2 rings (SSSR count). The molecule has 0 spiro atoms. The van der Waals surface area contributed by atoms with Crippen LogP contribution in [0.15, 0.2) is 23.1 Å². The van der Waals surface area contributed by atoms with Crippen LogP contribution < -0.4 is 5.73 Å². The fraction of sp³-hybridized carbons (Fsp3) is 0.571. The molecule has 1 aliphatic rings. The van der Waals surface area contributed by atoms with E-state index < -0.39 is 0 Å². The normalized spacial score (nSPS) is 25.3. The highest BCUT2D eigenvalue weighted by atomic mass is 32.2. The maximum atomic E-state index is 13.4. The molecule has 1 aromatic carbocycles. The molecule has 1 aromatic rings. The van der Waals surface area contributed by atoms with Crippen molar-refractivity contribution in [3.63, 3.8) is 0 Å². The summed E-state index contributed by atoms with van der Waals surface area (Å²) in [4.78, 5) is 0.904. The lowest BCUT2D eigenvalue weighted by atomic mass is 10.0. The van der Waals surface area contributed by atoms with Crippen LogP contribution in [0.2, 0.25) is 0 Å². The molecule has 0 saturated carbocycles. The predicted octanol–water partition coefficient (Wildman–Crippen LogP) is 3.85. The zero-order valence-corrected chi connectivity index (χ0v) is 12.1. The van der Waals surface area contributed by atoms with Gasteiger partial charge in [-0.1, -0.05) is 0 Å². The molecule has 0 aromatic heterocycles. The summed E-state index contributed by atoms with van der Waals surface area (Å²) >= 11 is 1.66. The Kier molecular flexibility index (Phi) is 3.36.